The quantitative estimate of drug-likeness (QED) is 0.795. The molecule has 0 aromatic heterocycles. The van der Waals surface area contributed by atoms with Crippen LogP contribution in [0.3, 0.4) is 0 Å². The molecule has 0 bridgehead atoms. The molecule has 1 atom stereocenters. The van der Waals surface area contributed by atoms with Gasteiger partial charge in [0.15, 0.2) is 11.5 Å². The van der Waals surface area contributed by atoms with E-state index in [1.807, 2.05) is 18.2 Å². The molecule has 0 fully saturated rings. The van der Waals surface area contributed by atoms with Crippen LogP contribution in [-0.2, 0) is 0 Å². The molecular weight excluding hydrogens is 222 g/mol. The molecule has 1 aliphatic rings. The lowest BCUT2D eigenvalue weighted by atomic mass is 10.3. The highest BCUT2D eigenvalue weighted by Gasteiger charge is 2.22. The second-order valence-electron chi connectivity index (χ2n) is 2.49. The van der Waals surface area contributed by atoms with E-state index in [9.17, 15) is 0 Å². The van der Waals surface area contributed by atoms with E-state index < -0.39 is 0 Å². The van der Waals surface area contributed by atoms with E-state index >= 15 is 0 Å². The van der Waals surface area contributed by atoms with E-state index in [0.29, 0.717) is 6.54 Å². The standard InChI is InChI=1S/C8H8BrNO2/c9-5-1-2-6-7(3-5)12-8(4-10)11-6/h1-3,8H,4,10H2. The smallest absolute Gasteiger partial charge is 0.253 e. The molecule has 0 saturated carbocycles. The van der Waals surface area contributed by atoms with Crippen LogP contribution in [0.4, 0.5) is 0 Å². The first-order valence-corrected chi connectivity index (χ1v) is 4.42. The van der Waals surface area contributed by atoms with E-state index in [4.69, 9.17) is 15.2 Å². The topological polar surface area (TPSA) is 44.5 Å². The monoisotopic (exact) mass is 229 g/mol. The van der Waals surface area contributed by atoms with Gasteiger partial charge in [-0.2, -0.15) is 0 Å². The van der Waals surface area contributed by atoms with Crippen LogP contribution in [0.15, 0.2) is 22.7 Å². The number of hydrogen-bond donors (Lipinski definition) is 1. The minimum absolute atomic E-state index is 0.325. The average molecular weight is 230 g/mol. The molecule has 12 heavy (non-hydrogen) atoms. The van der Waals surface area contributed by atoms with E-state index in [-0.39, 0.29) is 6.29 Å². The molecule has 64 valence electrons. The molecule has 1 unspecified atom stereocenters. The number of halogens is 1. The zero-order valence-electron chi connectivity index (χ0n) is 6.29. The highest BCUT2D eigenvalue weighted by Crippen LogP contribution is 2.36. The van der Waals surface area contributed by atoms with Gasteiger partial charge in [0.1, 0.15) is 0 Å². The van der Waals surface area contributed by atoms with Gasteiger partial charge in [-0.05, 0) is 18.2 Å². The molecule has 3 nitrogen and oxygen atoms in total. The van der Waals surface area contributed by atoms with Crippen LogP contribution >= 0.6 is 15.9 Å². The van der Waals surface area contributed by atoms with Gasteiger partial charge in [0, 0.05) is 4.47 Å². The molecule has 4 heteroatoms. The SMILES string of the molecule is NCC1Oc2ccc(Br)cc2O1. The van der Waals surface area contributed by atoms with Crippen molar-refractivity contribution in [3.05, 3.63) is 22.7 Å². The predicted molar refractivity (Wildman–Crippen MR) is 48.2 cm³/mol. The summed E-state index contributed by atoms with van der Waals surface area (Å²) in [6.45, 7) is 0.367. The Morgan fingerprint density at radius 2 is 2.08 bits per heavy atom. The van der Waals surface area contributed by atoms with Crippen LogP contribution in [0, 0.1) is 0 Å². The maximum absolute atomic E-state index is 5.39. The van der Waals surface area contributed by atoms with Gasteiger partial charge >= 0.3 is 0 Å². The fourth-order valence-corrected chi connectivity index (χ4v) is 1.41. The fraction of sp³-hybridized carbons (Fsp3) is 0.250. The molecule has 0 spiro atoms. The van der Waals surface area contributed by atoms with Crippen LogP contribution in [0.5, 0.6) is 11.5 Å². The van der Waals surface area contributed by atoms with Crippen molar-refractivity contribution in [3.63, 3.8) is 0 Å². The van der Waals surface area contributed by atoms with Crippen molar-refractivity contribution in [2.75, 3.05) is 6.54 Å². The zero-order chi connectivity index (χ0) is 8.55. The van der Waals surface area contributed by atoms with Crippen LogP contribution in [0.2, 0.25) is 0 Å². The van der Waals surface area contributed by atoms with Crippen molar-refractivity contribution in [1.29, 1.82) is 0 Å². The number of benzene rings is 1. The summed E-state index contributed by atoms with van der Waals surface area (Å²) >= 11 is 3.34. The van der Waals surface area contributed by atoms with Crippen molar-refractivity contribution in [3.8, 4) is 11.5 Å². The van der Waals surface area contributed by atoms with Crippen molar-refractivity contribution in [1.82, 2.24) is 0 Å². The predicted octanol–water partition coefficient (Wildman–Crippen LogP) is 1.51. The number of nitrogens with two attached hydrogens (primary N) is 1. The number of hydrogen-bond acceptors (Lipinski definition) is 3. The Kier molecular flexibility index (Phi) is 1.94. The number of ether oxygens (including phenoxy) is 2. The third-order valence-electron chi connectivity index (χ3n) is 1.62. The van der Waals surface area contributed by atoms with Crippen LogP contribution in [-0.4, -0.2) is 12.8 Å². The summed E-state index contributed by atoms with van der Waals surface area (Å²) < 4.78 is 11.7. The van der Waals surface area contributed by atoms with Gasteiger partial charge in [-0.25, -0.2) is 0 Å². The molecule has 0 saturated heterocycles. The van der Waals surface area contributed by atoms with Crippen LogP contribution in [0.1, 0.15) is 0 Å². The number of fused-ring (bicyclic) bond motifs is 1. The van der Waals surface area contributed by atoms with Gasteiger partial charge in [-0.15, -0.1) is 0 Å². The molecule has 1 aliphatic heterocycles. The summed E-state index contributed by atoms with van der Waals surface area (Å²) in [6.07, 6.45) is -0.325. The van der Waals surface area contributed by atoms with Crippen LogP contribution < -0.4 is 15.2 Å². The summed E-state index contributed by atoms with van der Waals surface area (Å²) in [5.74, 6) is 1.51. The normalized spacial score (nSPS) is 19.7. The second-order valence-corrected chi connectivity index (χ2v) is 3.41. The Balaban J connectivity index is 2.30. The van der Waals surface area contributed by atoms with Crippen molar-refractivity contribution in [2.45, 2.75) is 6.29 Å². The maximum Gasteiger partial charge on any atom is 0.253 e. The van der Waals surface area contributed by atoms with Crippen molar-refractivity contribution < 1.29 is 9.47 Å². The third kappa shape index (κ3) is 1.28. The van der Waals surface area contributed by atoms with E-state index in [1.165, 1.54) is 0 Å². The summed E-state index contributed by atoms with van der Waals surface area (Å²) in [7, 11) is 0. The Hall–Kier alpha value is -0.740. The van der Waals surface area contributed by atoms with Gasteiger partial charge in [0.05, 0.1) is 6.54 Å². The molecular formula is C8H8BrNO2. The van der Waals surface area contributed by atoms with E-state index in [0.717, 1.165) is 16.0 Å². The van der Waals surface area contributed by atoms with E-state index in [2.05, 4.69) is 15.9 Å². The highest BCUT2D eigenvalue weighted by molar-refractivity contribution is 9.10. The molecule has 1 heterocycles. The lowest BCUT2D eigenvalue weighted by Gasteiger charge is -2.04. The molecule has 0 radical (unpaired) electrons. The number of rotatable bonds is 1. The van der Waals surface area contributed by atoms with Gasteiger partial charge in [-0.3, -0.25) is 0 Å². The van der Waals surface area contributed by atoms with E-state index in [1.54, 1.807) is 0 Å². The van der Waals surface area contributed by atoms with Crippen molar-refractivity contribution >= 4 is 15.9 Å². The minimum Gasteiger partial charge on any atom is -0.450 e. The Labute approximate surface area is 78.6 Å². The first-order valence-electron chi connectivity index (χ1n) is 3.62. The van der Waals surface area contributed by atoms with Gasteiger partial charge in [0.25, 0.3) is 6.29 Å². The van der Waals surface area contributed by atoms with Gasteiger partial charge < -0.3 is 15.2 Å². The molecule has 2 N–H and O–H groups in total. The Bertz CT molecular complexity index is 303. The first-order chi connectivity index (χ1) is 5.79. The second kappa shape index (κ2) is 2.95. The molecule has 1 aromatic rings. The lowest BCUT2D eigenvalue weighted by molar-refractivity contribution is 0.0580. The summed E-state index contributed by atoms with van der Waals surface area (Å²) in [4.78, 5) is 0. The third-order valence-corrected chi connectivity index (χ3v) is 2.11. The van der Waals surface area contributed by atoms with Gasteiger partial charge in [-0.1, -0.05) is 15.9 Å². The summed E-state index contributed by atoms with van der Waals surface area (Å²) in [5, 5.41) is 0. The fourth-order valence-electron chi connectivity index (χ4n) is 1.07. The Morgan fingerprint density at radius 1 is 1.33 bits per heavy atom. The summed E-state index contributed by atoms with van der Waals surface area (Å²) in [5.41, 5.74) is 5.39. The highest BCUT2D eigenvalue weighted by atomic mass is 79.9. The average Bonchev–Trinajstić information content (AvgIpc) is 2.46. The molecule has 0 aliphatic carbocycles. The van der Waals surface area contributed by atoms with Crippen LogP contribution in [0.25, 0.3) is 0 Å². The Morgan fingerprint density at radius 3 is 2.83 bits per heavy atom. The minimum atomic E-state index is -0.325. The van der Waals surface area contributed by atoms with Crippen molar-refractivity contribution in [2.24, 2.45) is 5.73 Å². The molecule has 1 aromatic carbocycles. The molecule has 2 rings (SSSR count). The largest absolute Gasteiger partial charge is 0.450 e. The zero-order valence-corrected chi connectivity index (χ0v) is 7.87. The first kappa shape index (κ1) is 7.89. The maximum atomic E-state index is 5.39. The van der Waals surface area contributed by atoms with Gasteiger partial charge in [0.2, 0.25) is 0 Å². The molecule has 0 amide bonds. The summed E-state index contributed by atoms with van der Waals surface area (Å²) in [6, 6.07) is 5.63. The lowest BCUT2D eigenvalue weighted by Crippen LogP contribution is -2.27.